The van der Waals surface area contributed by atoms with Crippen LogP contribution in [0.3, 0.4) is 0 Å². The second-order valence-corrected chi connectivity index (χ2v) is 10.5. The highest BCUT2D eigenvalue weighted by atomic mass is 35.5. The van der Waals surface area contributed by atoms with Gasteiger partial charge in [-0.3, -0.25) is 14.4 Å². The van der Waals surface area contributed by atoms with E-state index in [-0.39, 0.29) is 35.4 Å². The first-order valence-electron chi connectivity index (χ1n) is 12.8. The Bertz CT molecular complexity index is 1960. The maximum atomic E-state index is 14.8. The van der Waals surface area contributed by atoms with Gasteiger partial charge in [-0.1, -0.05) is 54.1 Å². The predicted octanol–water partition coefficient (Wildman–Crippen LogP) is 6.17. The van der Waals surface area contributed by atoms with Gasteiger partial charge in [0, 0.05) is 17.1 Å². The first-order valence-corrected chi connectivity index (χ1v) is 13.2. The Kier molecular flexibility index (Phi) is 5.59. The Balaban J connectivity index is 1.50. The molecule has 1 atom stereocenters. The number of anilines is 1. The van der Waals surface area contributed by atoms with Crippen molar-refractivity contribution in [1.82, 2.24) is 4.90 Å². The Labute approximate surface area is 237 Å². The van der Waals surface area contributed by atoms with Crippen LogP contribution in [0.15, 0.2) is 100 Å². The summed E-state index contributed by atoms with van der Waals surface area (Å²) < 4.78 is 33.4. The zero-order valence-corrected chi connectivity index (χ0v) is 22.0. The summed E-state index contributed by atoms with van der Waals surface area (Å²) in [6.07, 6.45) is 0. The van der Waals surface area contributed by atoms with Crippen molar-refractivity contribution in [3.63, 3.8) is 0 Å². The fraction of sp³-hybridized carbons (Fsp3) is 0.0938. The van der Waals surface area contributed by atoms with Gasteiger partial charge in [-0.15, -0.1) is 0 Å². The van der Waals surface area contributed by atoms with Crippen molar-refractivity contribution < 1.29 is 22.8 Å². The number of para-hydroxylation sites is 1. The molecular weight excluding hydrogens is 550 g/mol. The van der Waals surface area contributed by atoms with Gasteiger partial charge in [0.15, 0.2) is 11.0 Å². The Morgan fingerprint density at radius 1 is 0.780 bits per heavy atom. The first-order chi connectivity index (χ1) is 19.8. The summed E-state index contributed by atoms with van der Waals surface area (Å²) in [6, 6.07) is 22.8. The molecule has 0 radical (unpaired) electrons. The van der Waals surface area contributed by atoms with E-state index < -0.39 is 34.4 Å². The van der Waals surface area contributed by atoms with Gasteiger partial charge in [-0.05, 0) is 59.7 Å². The fourth-order valence-corrected chi connectivity index (χ4v) is 6.06. The largest absolute Gasteiger partial charge is 0.450 e. The molecule has 0 fully saturated rings. The summed E-state index contributed by atoms with van der Waals surface area (Å²) >= 11 is 6.21. The van der Waals surface area contributed by atoms with E-state index in [1.54, 1.807) is 42.5 Å². The third-order valence-electron chi connectivity index (χ3n) is 7.71. The van der Waals surface area contributed by atoms with Crippen molar-refractivity contribution in [2.75, 3.05) is 4.90 Å². The third kappa shape index (κ3) is 3.64. The van der Waals surface area contributed by atoms with Crippen LogP contribution in [0.1, 0.15) is 32.8 Å². The molecule has 1 unspecified atom stereocenters. The van der Waals surface area contributed by atoms with E-state index in [0.717, 1.165) is 0 Å². The molecule has 5 aromatic rings. The molecule has 3 heterocycles. The lowest BCUT2D eigenvalue weighted by molar-refractivity contribution is -0.126. The number of fused-ring (bicyclic) bond motifs is 5. The van der Waals surface area contributed by atoms with Crippen molar-refractivity contribution in [2.45, 2.75) is 18.6 Å². The van der Waals surface area contributed by atoms with Gasteiger partial charge in [0.05, 0.1) is 23.2 Å². The van der Waals surface area contributed by atoms with Crippen LogP contribution in [0.2, 0.25) is 5.02 Å². The Hall–Kier alpha value is -4.82. The number of hydrogen-bond acceptors (Lipinski definition) is 4. The molecule has 1 aromatic heterocycles. The van der Waals surface area contributed by atoms with Crippen LogP contribution in [-0.4, -0.2) is 16.7 Å². The van der Waals surface area contributed by atoms with E-state index in [1.807, 2.05) is 0 Å². The van der Waals surface area contributed by atoms with Crippen molar-refractivity contribution in [1.29, 1.82) is 0 Å². The lowest BCUT2D eigenvalue weighted by Gasteiger charge is -2.34. The molecule has 2 amide bonds. The number of benzene rings is 4. The summed E-state index contributed by atoms with van der Waals surface area (Å²) in [5, 5.41) is 0.427. The van der Waals surface area contributed by atoms with Crippen molar-refractivity contribution >= 4 is 40.1 Å². The quantitative estimate of drug-likeness (QED) is 0.260. The van der Waals surface area contributed by atoms with Crippen LogP contribution in [0.25, 0.3) is 11.0 Å². The maximum absolute atomic E-state index is 14.8. The number of halogens is 3. The van der Waals surface area contributed by atoms with Crippen LogP contribution in [0.4, 0.5) is 14.5 Å². The number of rotatable bonds is 4. The number of amides is 2. The molecule has 0 saturated heterocycles. The van der Waals surface area contributed by atoms with Gasteiger partial charge in [0.1, 0.15) is 17.2 Å². The summed E-state index contributed by atoms with van der Waals surface area (Å²) in [7, 11) is 0. The average Bonchev–Trinajstić information content (AvgIpc) is 3.36. The van der Waals surface area contributed by atoms with Crippen molar-refractivity contribution in [2.24, 2.45) is 0 Å². The number of carbonyl (C=O) groups excluding carboxylic acids is 2. The monoisotopic (exact) mass is 568 g/mol. The average molecular weight is 569 g/mol. The van der Waals surface area contributed by atoms with E-state index in [4.69, 9.17) is 16.0 Å². The number of hydrogen-bond donors (Lipinski definition) is 0. The minimum absolute atomic E-state index is 0.0660. The highest BCUT2D eigenvalue weighted by Crippen LogP contribution is 2.53. The highest BCUT2D eigenvalue weighted by Gasteiger charge is 2.65. The molecule has 0 aliphatic carbocycles. The smallest absolute Gasteiger partial charge is 0.291 e. The topological polar surface area (TPSA) is 70.8 Å². The van der Waals surface area contributed by atoms with Crippen LogP contribution in [0, 0.1) is 11.6 Å². The molecule has 6 nitrogen and oxygen atoms in total. The van der Waals surface area contributed by atoms with E-state index >= 15 is 0 Å². The van der Waals surface area contributed by atoms with Gasteiger partial charge in [-0.25, -0.2) is 8.78 Å². The molecule has 9 heteroatoms. The molecule has 1 spiro atoms. The molecule has 2 aliphatic heterocycles. The molecule has 0 N–H and O–H groups in total. The SMILES string of the molecule is O=C1c2oc3ccc(Cl)cc3c(=O)c2C2(C(=O)N(Cc3ccc(F)cc3)c3ccccc32)N1Cc1ccc(F)cc1. The minimum Gasteiger partial charge on any atom is -0.450 e. The zero-order valence-electron chi connectivity index (χ0n) is 21.2. The molecule has 202 valence electrons. The van der Waals surface area contributed by atoms with Gasteiger partial charge in [0.2, 0.25) is 5.76 Å². The minimum atomic E-state index is -1.87. The Morgan fingerprint density at radius 2 is 1.41 bits per heavy atom. The summed E-state index contributed by atoms with van der Waals surface area (Å²) in [6.45, 7) is -0.0408. The van der Waals surface area contributed by atoms with Crippen molar-refractivity contribution in [3.05, 3.63) is 146 Å². The normalized spacial score (nSPS) is 17.5. The predicted molar refractivity (Wildman–Crippen MR) is 149 cm³/mol. The van der Waals surface area contributed by atoms with E-state index in [9.17, 15) is 23.2 Å². The van der Waals surface area contributed by atoms with Gasteiger partial charge < -0.3 is 14.2 Å². The summed E-state index contributed by atoms with van der Waals surface area (Å²) in [5.41, 5.74) is -0.231. The molecule has 4 aromatic carbocycles. The number of carbonyl (C=O) groups is 2. The third-order valence-corrected chi connectivity index (χ3v) is 7.94. The van der Waals surface area contributed by atoms with Crippen molar-refractivity contribution in [3.8, 4) is 0 Å². The van der Waals surface area contributed by atoms with Crippen LogP contribution < -0.4 is 10.3 Å². The first kappa shape index (κ1) is 25.2. The Morgan fingerprint density at radius 3 is 2.10 bits per heavy atom. The molecule has 2 aliphatic rings. The van der Waals surface area contributed by atoms with E-state index in [1.165, 1.54) is 58.3 Å². The molecule has 0 bridgehead atoms. The van der Waals surface area contributed by atoms with E-state index in [2.05, 4.69) is 0 Å². The fourth-order valence-electron chi connectivity index (χ4n) is 5.89. The number of nitrogens with zero attached hydrogens (tertiary/aromatic N) is 2. The molecule has 41 heavy (non-hydrogen) atoms. The van der Waals surface area contributed by atoms with Gasteiger partial charge in [0.25, 0.3) is 11.8 Å². The standard InChI is InChI=1S/C32H19ClF2N2O4/c33-20-9-14-26-23(15-20)28(38)27-29(41-26)30(39)37(17-19-7-12-22(35)13-8-19)32(27)24-3-1-2-4-25(24)36(31(32)40)16-18-5-10-21(34)11-6-18/h1-15H,16-17H2. The second-order valence-electron chi connectivity index (χ2n) is 10.0. The lowest BCUT2D eigenvalue weighted by atomic mass is 9.83. The van der Waals surface area contributed by atoms with Crippen LogP contribution in [0.5, 0.6) is 0 Å². The van der Waals surface area contributed by atoms with Gasteiger partial charge in [-0.2, -0.15) is 0 Å². The van der Waals surface area contributed by atoms with Gasteiger partial charge >= 0.3 is 0 Å². The van der Waals surface area contributed by atoms with E-state index in [0.29, 0.717) is 27.4 Å². The van der Waals surface area contributed by atoms with Crippen LogP contribution >= 0.6 is 11.6 Å². The lowest BCUT2D eigenvalue weighted by Crippen LogP contribution is -2.52. The summed E-state index contributed by atoms with van der Waals surface area (Å²) in [5.74, 6) is -2.29. The second kappa shape index (κ2) is 9.11. The summed E-state index contributed by atoms with van der Waals surface area (Å²) in [4.78, 5) is 45.9. The highest BCUT2D eigenvalue weighted by molar-refractivity contribution is 6.31. The maximum Gasteiger partial charge on any atom is 0.291 e. The zero-order chi connectivity index (χ0) is 28.5. The molecular formula is C32H19ClF2N2O4. The molecule has 0 saturated carbocycles. The molecule has 7 rings (SSSR count). The van der Waals surface area contributed by atoms with Crippen LogP contribution in [-0.2, 0) is 23.4 Å².